The number of ether oxygens (including phenoxy) is 1. The Morgan fingerprint density at radius 3 is 2.60 bits per heavy atom. The first-order valence-electron chi connectivity index (χ1n) is 6.41. The Kier molecular flexibility index (Phi) is 5.62. The highest BCUT2D eigenvalue weighted by atomic mass is 16.5. The van der Waals surface area contributed by atoms with Crippen LogP contribution in [0.3, 0.4) is 0 Å². The van der Waals surface area contributed by atoms with Gasteiger partial charge in [0.05, 0.1) is 6.10 Å². The Labute approximate surface area is 94.0 Å². The van der Waals surface area contributed by atoms with E-state index in [1.165, 1.54) is 19.3 Å². The maximum atomic E-state index is 10.0. The predicted octanol–water partition coefficient (Wildman–Crippen LogP) is 2.85. The maximum absolute atomic E-state index is 10.0. The molecule has 1 saturated carbocycles. The van der Waals surface area contributed by atoms with Crippen molar-refractivity contribution in [2.45, 2.75) is 52.6 Å². The van der Waals surface area contributed by atoms with E-state index in [9.17, 15) is 5.11 Å². The third-order valence-electron chi connectivity index (χ3n) is 3.94. The lowest BCUT2D eigenvalue weighted by atomic mass is 9.73. The smallest absolute Gasteiger partial charge is 0.0590 e. The van der Waals surface area contributed by atoms with Crippen LogP contribution in [0.4, 0.5) is 0 Å². The summed E-state index contributed by atoms with van der Waals surface area (Å²) in [5, 5.41) is 10.0. The van der Waals surface area contributed by atoms with Crippen molar-refractivity contribution < 1.29 is 9.84 Å². The summed E-state index contributed by atoms with van der Waals surface area (Å²) in [4.78, 5) is 0. The maximum Gasteiger partial charge on any atom is 0.0590 e. The van der Waals surface area contributed by atoms with Crippen molar-refractivity contribution in [2.24, 2.45) is 17.8 Å². The fourth-order valence-electron chi connectivity index (χ4n) is 2.52. The van der Waals surface area contributed by atoms with Gasteiger partial charge in [0.1, 0.15) is 0 Å². The lowest BCUT2D eigenvalue weighted by Gasteiger charge is -2.34. The third kappa shape index (κ3) is 4.12. The zero-order valence-electron chi connectivity index (χ0n) is 10.4. The summed E-state index contributed by atoms with van der Waals surface area (Å²) in [6, 6.07) is 0. The fraction of sp³-hybridized carbons (Fsp3) is 1.00. The highest BCUT2D eigenvalue weighted by Crippen LogP contribution is 2.35. The van der Waals surface area contributed by atoms with E-state index in [4.69, 9.17) is 4.74 Å². The van der Waals surface area contributed by atoms with Crippen molar-refractivity contribution in [3.63, 3.8) is 0 Å². The van der Waals surface area contributed by atoms with Gasteiger partial charge in [-0.15, -0.1) is 0 Å². The average Bonchev–Trinajstić information content (AvgIpc) is 2.22. The molecule has 0 saturated heterocycles. The van der Waals surface area contributed by atoms with Gasteiger partial charge in [-0.1, -0.05) is 20.3 Å². The molecule has 1 aliphatic rings. The summed E-state index contributed by atoms with van der Waals surface area (Å²) in [5.74, 6) is 2.11. The summed E-state index contributed by atoms with van der Waals surface area (Å²) in [7, 11) is 0. The number of hydrogen-bond acceptors (Lipinski definition) is 2. The van der Waals surface area contributed by atoms with Crippen LogP contribution in [0, 0.1) is 17.8 Å². The molecule has 0 aliphatic heterocycles. The Morgan fingerprint density at radius 1 is 1.27 bits per heavy atom. The zero-order chi connectivity index (χ0) is 11.3. The summed E-state index contributed by atoms with van der Waals surface area (Å²) in [6.07, 6.45) is 4.32. The van der Waals surface area contributed by atoms with Crippen LogP contribution in [0.1, 0.15) is 46.5 Å². The quantitative estimate of drug-likeness (QED) is 0.713. The molecule has 0 aromatic rings. The molecule has 0 aromatic heterocycles. The largest absolute Gasteiger partial charge is 0.393 e. The summed E-state index contributed by atoms with van der Waals surface area (Å²) < 4.78 is 5.28. The van der Waals surface area contributed by atoms with E-state index in [1.54, 1.807) is 0 Å². The van der Waals surface area contributed by atoms with Crippen LogP contribution >= 0.6 is 0 Å². The molecule has 90 valence electrons. The molecular weight excluding hydrogens is 188 g/mol. The second-order valence-corrected chi connectivity index (χ2v) is 5.08. The molecular formula is C13H26O2. The fourth-order valence-corrected chi connectivity index (χ4v) is 2.52. The summed E-state index contributed by atoms with van der Waals surface area (Å²) >= 11 is 0. The van der Waals surface area contributed by atoms with Crippen molar-refractivity contribution in [2.75, 3.05) is 13.2 Å². The zero-order valence-corrected chi connectivity index (χ0v) is 10.4. The van der Waals surface area contributed by atoms with Crippen molar-refractivity contribution in [1.82, 2.24) is 0 Å². The van der Waals surface area contributed by atoms with Crippen LogP contribution in [-0.4, -0.2) is 24.4 Å². The van der Waals surface area contributed by atoms with E-state index in [0.29, 0.717) is 12.5 Å². The average molecular weight is 214 g/mol. The first-order chi connectivity index (χ1) is 7.15. The van der Waals surface area contributed by atoms with Gasteiger partial charge in [0, 0.05) is 13.2 Å². The monoisotopic (exact) mass is 214 g/mol. The first kappa shape index (κ1) is 13.0. The van der Waals surface area contributed by atoms with Crippen LogP contribution in [0.2, 0.25) is 0 Å². The van der Waals surface area contributed by atoms with E-state index < -0.39 is 0 Å². The highest BCUT2D eigenvalue weighted by molar-refractivity contribution is 4.79. The Morgan fingerprint density at radius 2 is 2.00 bits per heavy atom. The van der Waals surface area contributed by atoms with Gasteiger partial charge < -0.3 is 9.84 Å². The van der Waals surface area contributed by atoms with Gasteiger partial charge in [-0.2, -0.15) is 0 Å². The van der Waals surface area contributed by atoms with E-state index in [0.717, 1.165) is 24.9 Å². The molecule has 1 N–H and O–H groups in total. The van der Waals surface area contributed by atoms with Gasteiger partial charge in [-0.3, -0.25) is 0 Å². The standard InChI is InChI=1S/C13H26O2/c1-4-15-8-7-13(14)12-6-5-10(2)11(3)9-12/h10-14H,4-9H2,1-3H3. The normalized spacial score (nSPS) is 34.0. The van der Waals surface area contributed by atoms with E-state index in [-0.39, 0.29) is 6.10 Å². The molecule has 1 aliphatic carbocycles. The van der Waals surface area contributed by atoms with E-state index in [1.807, 2.05) is 6.92 Å². The molecule has 0 amide bonds. The third-order valence-corrected chi connectivity index (χ3v) is 3.94. The van der Waals surface area contributed by atoms with Crippen molar-refractivity contribution in [1.29, 1.82) is 0 Å². The van der Waals surface area contributed by atoms with Crippen LogP contribution < -0.4 is 0 Å². The SMILES string of the molecule is CCOCCC(O)C1CCC(C)C(C)C1. The van der Waals surface area contributed by atoms with Gasteiger partial charge in [0.25, 0.3) is 0 Å². The molecule has 2 nitrogen and oxygen atoms in total. The molecule has 15 heavy (non-hydrogen) atoms. The number of aliphatic hydroxyl groups excluding tert-OH is 1. The molecule has 4 unspecified atom stereocenters. The van der Waals surface area contributed by atoms with Gasteiger partial charge in [-0.25, -0.2) is 0 Å². The number of aliphatic hydroxyl groups is 1. The van der Waals surface area contributed by atoms with Gasteiger partial charge in [0.15, 0.2) is 0 Å². The van der Waals surface area contributed by atoms with E-state index in [2.05, 4.69) is 13.8 Å². The molecule has 0 aromatic carbocycles. The molecule has 0 bridgehead atoms. The number of rotatable bonds is 5. The van der Waals surface area contributed by atoms with Gasteiger partial charge in [-0.05, 0) is 43.9 Å². The topological polar surface area (TPSA) is 29.5 Å². The van der Waals surface area contributed by atoms with Crippen molar-refractivity contribution in [3.05, 3.63) is 0 Å². The van der Waals surface area contributed by atoms with Crippen molar-refractivity contribution >= 4 is 0 Å². The minimum absolute atomic E-state index is 0.147. The first-order valence-corrected chi connectivity index (χ1v) is 6.41. The van der Waals surface area contributed by atoms with Gasteiger partial charge >= 0.3 is 0 Å². The molecule has 1 fully saturated rings. The second kappa shape index (κ2) is 6.49. The van der Waals surface area contributed by atoms with Crippen LogP contribution in [-0.2, 0) is 4.74 Å². The number of hydrogen-bond donors (Lipinski definition) is 1. The second-order valence-electron chi connectivity index (χ2n) is 5.08. The van der Waals surface area contributed by atoms with E-state index >= 15 is 0 Å². The lowest BCUT2D eigenvalue weighted by Crippen LogP contribution is -2.30. The van der Waals surface area contributed by atoms with Crippen molar-refractivity contribution in [3.8, 4) is 0 Å². The Bertz CT molecular complexity index is 170. The Balaban J connectivity index is 2.24. The van der Waals surface area contributed by atoms with Crippen LogP contribution in [0.25, 0.3) is 0 Å². The van der Waals surface area contributed by atoms with Gasteiger partial charge in [0.2, 0.25) is 0 Å². The minimum Gasteiger partial charge on any atom is -0.393 e. The molecule has 1 rings (SSSR count). The highest BCUT2D eigenvalue weighted by Gasteiger charge is 2.28. The Hall–Kier alpha value is -0.0800. The van der Waals surface area contributed by atoms with Crippen LogP contribution in [0.15, 0.2) is 0 Å². The molecule has 2 heteroatoms. The molecule has 0 radical (unpaired) electrons. The predicted molar refractivity (Wildman–Crippen MR) is 62.8 cm³/mol. The van der Waals surface area contributed by atoms with Crippen LogP contribution in [0.5, 0.6) is 0 Å². The molecule has 0 heterocycles. The minimum atomic E-state index is -0.147. The summed E-state index contributed by atoms with van der Waals surface area (Å²) in [6.45, 7) is 8.10. The molecule has 4 atom stereocenters. The lowest BCUT2D eigenvalue weighted by molar-refractivity contribution is 0.0253. The molecule has 0 spiro atoms. The summed E-state index contributed by atoms with van der Waals surface area (Å²) in [5.41, 5.74) is 0.